The normalized spacial score (nSPS) is 11.2. The van der Waals surface area contributed by atoms with Crippen molar-refractivity contribution >= 4 is 28.5 Å². The molecule has 0 amide bonds. The number of nitrogens with one attached hydrogen (secondary N) is 1. The average molecular weight is 295 g/mol. The van der Waals surface area contributed by atoms with Crippen LogP contribution in [0, 0.1) is 0 Å². The third kappa shape index (κ3) is 3.32. The lowest BCUT2D eigenvalue weighted by atomic mass is 10.2. The van der Waals surface area contributed by atoms with Crippen LogP contribution in [-0.4, -0.2) is 23.7 Å². The molecule has 108 valence electrons. The van der Waals surface area contributed by atoms with Crippen molar-refractivity contribution in [2.75, 3.05) is 7.05 Å². The van der Waals surface area contributed by atoms with Gasteiger partial charge in [0.05, 0.1) is 11.6 Å². The van der Waals surface area contributed by atoms with Gasteiger partial charge in [0, 0.05) is 23.2 Å². The van der Waals surface area contributed by atoms with Crippen LogP contribution in [-0.2, 0) is 22.6 Å². The zero-order valence-corrected chi connectivity index (χ0v) is 12.7. The topological polar surface area (TPSA) is 43.3 Å². The Bertz CT molecular complexity index is 620. The maximum atomic E-state index is 11.8. The maximum Gasteiger partial charge on any atom is 0.326 e. The fraction of sp³-hybridized carbons (Fsp3) is 0.400. The Labute approximate surface area is 123 Å². The maximum absolute atomic E-state index is 11.8. The Hall–Kier alpha value is -1.52. The van der Waals surface area contributed by atoms with Crippen LogP contribution in [0.2, 0.25) is 5.02 Å². The Morgan fingerprint density at radius 1 is 1.45 bits per heavy atom. The summed E-state index contributed by atoms with van der Waals surface area (Å²) in [6.45, 7) is 4.62. The lowest BCUT2D eigenvalue weighted by Crippen LogP contribution is -2.17. The highest BCUT2D eigenvalue weighted by Crippen LogP contribution is 2.25. The third-order valence-corrected chi connectivity index (χ3v) is 3.20. The number of fused-ring (bicyclic) bond motifs is 1. The molecule has 1 N–H and O–H groups in total. The molecule has 0 aliphatic rings. The third-order valence-electron chi connectivity index (χ3n) is 2.96. The molecule has 20 heavy (non-hydrogen) atoms. The molecule has 0 radical (unpaired) electrons. The molecule has 0 aliphatic carbocycles. The number of hydrogen-bond donors (Lipinski definition) is 1. The van der Waals surface area contributed by atoms with Gasteiger partial charge < -0.3 is 14.6 Å². The van der Waals surface area contributed by atoms with Crippen LogP contribution in [0.25, 0.3) is 10.9 Å². The largest absolute Gasteiger partial charge is 0.462 e. The van der Waals surface area contributed by atoms with E-state index in [2.05, 4.69) is 5.32 Å². The van der Waals surface area contributed by atoms with Crippen molar-refractivity contribution in [3.8, 4) is 0 Å². The number of carbonyl (C=O) groups is 1. The molecule has 0 bridgehead atoms. The fourth-order valence-corrected chi connectivity index (χ4v) is 2.41. The van der Waals surface area contributed by atoms with Gasteiger partial charge in [-0.25, -0.2) is 0 Å². The zero-order valence-electron chi connectivity index (χ0n) is 11.9. The predicted octanol–water partition coefficient (Wildman–Crippen LogP) is 2.97. The number of rotatable bonds is 5. The number of esters is 1. The van der Waals surface area contributed by atoms with Gasteiger partial charge >= 0.3 is 5.97 Å². The molecular formula is C15H19ClN2O2. The van der Waals surface area contributed by atoms with Crippen molar-refractivity contribution in [1.82, 2.24) is 9.88 Å². The number of aromatic nitrogens is 1. The highest BCUT2D eigenvalue weighted by atomic mass is 35.5. The molecule has 0 unspecified atom stereocenters. The van der Waals surface area contributed by atoms with Crippen LogP contribution in [0.5, 0.6) is 0 Å². The SMILES string of the molecule is CNCc1cn(CC(=O)OC(C)C)c2cc(Cl)ccc12. The summed E-state index contributed by atoms with van der Waals surface area (Å²) in [6, 6.07) is 5.72. The molecule has 1 heterocycles. The molecule has 1 aromatic carbocycles. The molecule has 2 rings (SSSR count). The second-order valence-corrected chi connectivity index (χ2v) is 5.45. The van der Waals surface area contributed by atoms with Crippen LogP contribution < -0.4 is 5.32 Å². The van der Waals surface area contributed by atoms with Crippen LogP contribution in [0.1, 0.15) is 19.4 Å². The van der Waals surface area contributed by atoms with Crippen LogP contribution >= 0.6 is 11.6 Å². The molecule has 4 nitrogen and oxygen atoms in total. The molecule has 0 spiro atoms. The number of benzene rings is 1. The first-order valence-electron chi connectivity index (χ1n) is 6.62. The summed E-state index contributed by atoms with van der Waals surface area (Å²) >= 11 is 6.05. The van der Waals surface area contributed by atoms with E-state index in [0.717, 1.165) is 23.0 Å². The highest BCUT2D eigenvalue weighted by Gasteiger charge is 2.12. The summed E-state index contributed by atoms with van der Waals surface area (Å²) in [5.41, 5.74) is 2.08. The molecule has 0 saturated carbocycles. The number of hydrogen-bond acceptors (Lipinski definition) is 3. The number of carbonyl (C=O) groups excluding carboxylic acids is 1. The lowest BCUT2D eigenvalue weighted by molar-refractivity contribution is -0.148. The quantitative estimate of drug-likeness (QED) is 0.862. The summed E-state index contributed by atoms with van der Waals surface area (Å²) in [7, 11) is 1.89. The van der Waals surface area contributed by atoms with E-state index in [4.69, 9.17) is 16.3 Å². The Morgan fingerprint density at radius 2 is 2.20 bits per heavy atom. The highest BCUT2D eigenvalue weighted by molar-refractivity contribution is 6.31. The average Bonchev–Trinajstić information content (AvgIpc) is 2.66. The summed E-state index contributed by atoms with van der Waals surface area (Å²) in [6.07, 6.45) is 1.86. The monoisotopic (exact) mass is 294 g/mol. The van der Waals surface area contributed by atoms with Gasteiger partial charge in [0.2, 0.25) is 0 Å². The minimum absolute atomic E-state index is 0.107. The number of nitrogens with zero attached hydrogens (tertiary/aromatic N) is 1. The van der Waals surface area contributed by atoms with Gasteiger partial charge in [0.25, 0.3) is 0 Å². The minimum Gasteiger partial charge on any atom is -0.462 e. The molecule has 0 fully saturated rings. The Balaban J connectivity index is 2.36. The van der Waals surface area contributed by atoms with Gasteiger partial charge in [0.15, 0.2) is 0 Å². The molecule has 5 heteroatoms. The molecule has 0 atom stereocenters. The summed E-state index contributed by atoms with van der Waals surface area (Å²) < 4.78 is 7.08. The summed E-state index contributed by atoms with van der Waals surface area (Å²) in [4.78, 5) is 11.8. The van der Waals surface area contributed by atoms with Gasteiger partial charge in [-0.15, -0.1) is 0 Å². The summed E-state index contributed by atoms with van der Waals surface area (Å²) in [5, 5.41) is 4.88. The summed E-state index contributed by atoms with van der Waals surface area (Å²) in [5.74, 6) is -0.243. The molecule has 0 aliphatic heterocycles. The smallest absolute Gasteiger partial charge is 0.326 e. The van der Waals surface area contributed by atoms with E-state index in [1.165, 1.54) is 0 Å². The van der Waals surface area contributed by atoms with Crippen molar-refractivity contribution in [2.45, 2.75) is 33.0 Å². The van der Waals surface area contributed by atoms with E-state index in [-0.39, 0.29) is 18.6 Å². The van der Waals surface area contributed by atoms with Gasteiger partial charge in [0.1, 0.15) is 6.54 Å². The fourth-order valence-electron chi connectivity index (χ4n) is 2.24. The van der Waals surface area contributed by atoms with Crippen LogP contribution in [0.15, 0.2) is 24.4 Å². The Kier molecular flexibility index (Phi) is 4.68. The second kappa shape index (κ2) is 6.29. The van der Waals surface area contributed by atoms with E-state index in [1.54, 1.807) is 0 Å². The van der Waals surface area contributed by atoms with Gasteiger partial charge in [-0.05, 0) is 38.6 Å². The van der Waals surface area contributed by atoms with Gasteiger partial charge in [-0.1, -0.05) is 17.7 Å². The van der Waals surface area contributed by atoms with Crippen LogP contribution in [0.4, 0.5) is 0 Å². The van der Waals surface area contributed by atoms with E-state index in [0.29, 0.717) is 5.02 Å². The molecule has 0 saturated heterocycles. The van der Waals surface area contributed by atoms with E-state index < -0.39 is 0 Å². The van der Waals surface area contributed by atoms with Gasteiger partial charge in [-0.3, -0.25) is 4.79 Å². The van der Waals surface area contributed by atoms with E-state index >= 15 is 0 Å². The number of ether oxygens (including phenoxy) is 1. The zero-order chi connectivity index (χ0) is 14.7. The van der Waals surface area contributed by atoms with Crippen molar-refractivity contribution in [1.29, 1.82) is 0 Å². The van der Waals surface area contributed by atoms with Crippen LogP contribution in [0.3, 0.4) is 0 Å². The van der Waals surface area contributed by atoms with Crippen molar-refractivity contribution < 1.29 is 9.53 Å². The minimum atomic E-state index is -0.243. The van der Waals surface area contributed by atoms with Crippen molar-refractivity contribution in [2.24, 2.45) is 0 Å². The van der Waals surface area contributed by atoms with Crippen molar-refractivity contribution in [3.63, 3.8) is 0 Å². The standard InChI is InChI=1S/C15H19ClN2O2/c1-10(2)20-15(19)9-18-8-11(7-17-3)13-5-4-12(16)6-14(13)18/h4-6,8,10,17H,7,9H2,1-3H3. The number of halogens is 1. The molecular weight excluding hydrogens is 276 g/mol. The van der Waals surface area contributed by atoms with Gasteiger partial charge in [-0.2, -0.15) is 0 Å². The predicted molar refractivity (Wildman–Crippen MR) is 80.9 cm³/mol. The van der Waals surface area contributed by atoms with Crippen molar-refractivity contribution in [3.05, 3.63) is 35.0 Å². The molecule has 2 aromatic rings. The second-order valence-electron chi connectivity index (χ2n) is 5.01. The first kappa shape index (κ1) is 14.9. The first-order chi connectivity index (χ1) is 9.51. The lowest BCUT2D eigenvalue weighted by Gasteiger charge is -2.09. The molecule has 1 aromatic heterocycles. The van der Waals surface area contributed by atoms with E-state index in [9.17, 15) is 4.79 Å². The first-order valence-corrected chi connectivity index (χ1v) is 7.00. The van der Waals surface area contributed by atoms with E-state index in [1.807, 2.05) is 49.9 Å². The Morgan fingerprint density at radius 3 is 2.85 bits per heavy atom.